The van der Waals surface area contributed by atoms with Crippen LogP contribution < -0.4 is 20.9 Å². The van der Waals surface area contributed by atoms with E-state index in [0.717, 1.165) is 22.9 Å². The number of nitrogens with zero attached hydrogens (tertiary/aromatic N) is 3. The van der Waals surface area contributed by atoms with Gasteiger partial charge in [-0.1, -0.05) is 12.1 Å². The Bertz CT molecular complexity index is 1450. The van der Waals surface area contributed by atoms with Crippen molar-refractivity contribution >= 4 is 11.7 Å². The number of rotatable bonds is 5. The van der Waals surface area contributed by atoms with E-state index in [1.165, 1.54) is 23.1 Å². The molecule has 0 fully saturated rings. The molecule has 0 amide bonds. The van der Waals surface area contributed by atoms with Crippen LogP contribution in [-0.2, 0) is 12.7 Å². The van der Waals surface area contributed by atoms with Gasteiger partial charge in [0.15, 0.2) is 5.75 Å². The predicted octanol–water partition coefficient (Wildman–Crippen LogP) is 2.40. The predicted molar refractivity (Wildman–Crippen MR) is 113 cm³/mol. The summed E-state index contributed by atoms with van der Waals surface area (Å²) < 4.78 is 60.7. The number of alkyl halides is 3. The van der Waals surface area contributed by atoms with Gasteiger partial charge in [-0.3, -0.25) is 13.9 Å². The van der Waals surface area contributed by atoms with E-state index in [1.54, 1.807) is 6.92 Å². The number of aliphatic hydroxyl groups is 1. The molecule has 0 saturated heterocycles. The van der Waals surface area contributed by atoms with Crippen LogP contribution in [0.3, 0.4) is 0 Å². The summed E-state index contributed by atoms with van der Waals surface area (Å²) in [6.45, 7) is 1.11. The van der Waals surface area contributed by atoms with E-state index >= 15 is 0 Å². The molecule has 1 aliphatic rings. The van der Waals surface area contributed by atoms with E-state index < -0.39 is 58.9 Å². The van der Waals surface area contributed by atoms with E-state index in [2.05, 4.69) is 0 Å². The van der Waals surface area contributed by atoms with Crippen molar-refractivity contribution < 1.29 is 37.3 Å². The maximum atomic E-state index is 14.0. The maximum absolute atomic E-state index is 14.0. The number of carboxylic acid groups (broad SMARTS) is 1. The lowest BCUT2D eigenvalue weighted by Crippen LogP contribution is -2.42. The molecule has 0 saturated carbocycles. The zero-order chi connectivity index (χ0) is 25.7. The van der Waals surface area contributed by atoms with Gasteiger partial charge in [0.05, 0.1) is 23.5 Å². The van der Waals surface area contributed by atoms with Crippen LogP contribution in [0.2, 0.25) is 0 Å². The zero-order valence-electron chi connectivity index (χ0n) is 17.9. The van der Waals surface area contributed by atoms with Crippen LogP contribution in [0.1, 0.15) is 28.4 Å². The number of aromatic nitrogens is 2. The van der Waals surface area contributed by atoms with Crippen LogP contribution in [-0.4, -0.2) is 38.3 Å². The molecule has 2 heterocycles. The van der Waals surface area contributed by atoms with Gasteiger partial charge >= 0.3 is 17.8 Å². The Morgan fingerprint density at radius 2 is 1.89 bits per heavy atom. The minimum atomic E-state index is -5.13. The van der Waals surface area contributed by atoms with Gasteiger partial charge in [-0.15, -0.1) is 0 Å². The highest BCUT2D eigenvalue weighted by molar-refractivity contribution is 5.86. The number of ether oxygens (including phenoxy) is 1. The molecule has 0 radical (unpaired) electrons. The van der Waals surface area contributed by atoms with Crippen LogP contribution in [0, 0.1) is 5.82 Å². The van der Waals surface area contributed by atoms with Crippen molar-refractivity contribution in [2.75, 3.05) is 11.4 Å². The van der Waals surface area contributed by atoms with Gasteiger partial charge in [-0.05, 0) is 30.7 Å². The highest BCUT2D eigenvalue weighted by atomic mass is 19.4. The molecule has 2 aromatic carbocycles. The maximum Gasteiger partial charge on any atom is 0.419 e. The lowest BCUT2D eigenvalue weighted by atomic mass is 10.1. The van der Waals surface area contributed by atoms with E-state index in [4.69, 9.17) is 4.74 Å². The molecule has 2 N–H and O–H groups in total. The van der Waals surface area contributed by atoms with Crippen LogP contribution in [0.4, 0.5) is 23.2 Å². The molecule has 1 aliphatic heterocycles. The number of benzene rings is 2. The summed E-state index contributed by atoms with van der Waals surface area (Å²) in [7, 11) is 0. The van der Waals surface area contributed by atoms with E-state index in [0.29, 0.717) is 18.3 Å². The standard InChI is InChI=1S/C22H17F4N3O6/c1-2-27-15-7-6-12(8-16(15)35-21(27)34)28-10-13(19(31)32)18(30)29(20(28)33)9-11-4-3-5-14(23)17(11)22(24,25)26/h3-8,10,21,34H,2,9H2,1H3,(H,31,32). The Kier molecular flexibility index (Phi) is 5.88. The smallest absolute Gasteiger partial charge is 0.419 e. The highest BCUT2D eigenvalue weighted by Crippen LogP contribution is 2.37. The second-order valence-electron chi connectivity index (χ2n) is 7.55. The average Bonchev–Trinajstić information content (AvgIpc) is 3.09. The molecule has 1 aromatic heterocycles. The molecule has 1 atom stereocenters. The van der Waals surface area contributed by atoms with Crippen molar-refractivity contribution in [3.63, 3.8) is 0 Å². The van der Waals surface area contributed by atoms with E-state index in [9.17, 15) is 42.2 Å². The first-order chi connectivity index (χ1) is 16.4. The molecule has 0 spiro atoms. The molecule has 4 rings (SSSR count). The quantitative estimate of drug-likeness (QED) is 0.523. The van der Waals surface area contributed by atoms with E-state index in [1.807, 2.05) is 0 Å². The molecule has 3 aromatic rings. The average molecular weight is 495 g/mol. The third-order valence-electron chi connectivity index (χ3n) is 5.48. The third-order valence-corrected chi connectivity index (χ3v) is 5.48. The first-order valence-corrected chi connectivity index (χ1v) is 10.1. The van der Waals surface area contributed by atoms with Crippen LogP contribution in [0.15, 0.2) is 52.2 Å². The molecule has 9 nitrogen and oxygen atoms in total. The summed E-state index contributed by atoms with van der Waals surface area (Å²) in [4.78, 5) is 39.0. The first kappa shape index (κ1) is 24.0. The lowest BCUT2D eigenvalue weighted by Gasteiger charge is -2.18. The second kappa shape index (κ2) is 8.58. The topological polar surface area (TPSA) is 114 Å². The fourth-order valence-corrected chi connectivity index (χ4v) is 3.87. The normalized spacial score (nSPS) is 15.1. The summed E-state index contributed by atoms with van der Waals surface area (Å²) >= 11 is 0. The Morgan fingerprint density at radius 1 is 1.17 bits per heavy atom. The number of aromatic carboxylic acids is 1. The first-order valence-electron chi connectivity index (χ1n) is 10.1. The number of fused-ring (bicyclic) bond motifs is 1. The van der Waals surface area contributed by atoms with Crippen molar-refractivity contribution in [2.24, 2.45) is 0 Å². The summed E-state index contributed by atoms with van der Waals surface area (Å²) in [5.41, 5.74) is -5.32. The SMILES string of the molecule is CCN1c2ccc(-n3cc(C(=O)O)c(=O)n(Cc4cccc(F)c4C(F)(F)F)c3=O)cc2OC1O. The van der Waals surface area contributed by atoms with Gasteiger partial charge in [0.25, 0.3) is 12.0 Å². The number of hydrogen-bond donors (Lipinski definition) is 2. The summed E-state index contributed by atoms with van der Waals surface area (Å²) in [6.07, 6.45) is -5.68. The van der Waals surface area contributed by atoms with Crippen molar-refractivity contribution in [1.82, 2.24) is 9.13 Å². The molecule has 0 bridgehead atoms. The van der Waals surface area contributed by atoms with Crippen LogP contribution >= 0.6 is 0 Å². The van der Waals surface area contributed by atoms with Gasteiger partial charge < -0.3 is 19.8 Å². The monoisotopic (exact) mass is 495 g/mol. The number of halogens is 4. The van der Waals surface area contributed by atoms with E-state index in [-0.39, 0.29) is 16.0 Å². The fourth-order valence-electron chi connectivity index (χ4n) is 3.87. The Morgan fingerprint density at radius 3 is 2.51 bits per heavy atom. The van der Waals surface area contributed by atoms with Crippen molar-refractivity contribution in [3.8, 4) is 11.4 Å². The molecular weight excluding hydrogens is 478 g/mol. The summed E-state index contributed by atoms with van der Waals surface area (Å²) in [5.74, 6) is -3.17. The summed E-state index contributed by atoms with van der Waals surface area (Å²) in [6, 6.07) is 6.63. The van der Waals surface area contributed by atoms with Gasteiger partial charge in [-0.2, -0.15) is 13.2 Å². The Hall–Kier alpha value is -4.13. The number of aliphatic hydroxyl groups excluding tert-OH is 1. The number of hydrogen-bond acceptors (Lipinski definition) is 6. The molecular formula is C22H17F4N3O6. The highest BCUT2D eigenvalue weighted by Gasteiger charge is 2.37. The number of carboxylic acids is 1. The largest absolute Gasteiger partial charge is 0.477 e. The molecule has 13 heteroatoms. The number of anilines is 1. The van der Waals surface area contributed by atoms with Crippen molar-refractivity contribution in [3.05, 3.63) is 85.9 Å². The van der Waals surface area contributed by atoms with Gasteiger partial charge in [0.2, 0.25) is 0 Å². The van der Waals surface area contributed by atoms with Crippen LogP contribution in [0.25, 0.3) is 5.69 Å². The molecule has 1 unspecified atom stereocenters. The van der Waals surface area contributed by atoms with Crippen molar-refractivity contribution in [2.45, 2.75) is 26.1 Å². The number of carbonyl (C=O) groups is 1. The lowest BCUT2D eigenvalue weighted by molar-refractivity contribution is -0.140. The van der Waals surface area contributed by atoms with Crippen LogP contribution in [0.5, 0.6) is 5.75 Å². The van der Waals surface area contributed by atoms with Gasteiger partial charge in [-0.25, -0.2) is 14.0 Å². The fraction of sp³-hybridized carbons (Fsp3) is 0.227. The third kappa shape index (κ3) is 4.14. The minimum absolute atomic E-state index is 0.0189. The van der Waals surface area contributed by atoms with Crippen molar-refractivity contribution in [1.29, 1.82) is 0 Å². The molecule has 0 aliphatic carbocycles. The second-order valence-corrected chi connectivity index (χ2v) is 7.55. The van der Waals surface area contributed by atoms with Gasteiger partial charge in [0.1, 0.15) is 11.4 Å². The minimum Gasteiger partial charge on any atom is -0.477 e. The summed E-state index contributed by atoms with van der Waals surface area (Å²) in [5, 5.41) is 19.5. The molecule has 35 heavy (non-hydrogen) atoms. The zero-order valence-corrected chi connectivity index (χ0v) is 17.9. The van der Waals surface area contributed by atoms with Gasteiger partial charge in [0, 0.05) is 18.8 Å². The Labute approximate surface area is 193 Å². The Balaban J connectivity index is 1.90. The molecule has 184 valence electrons.